The number of fused-ring (bicyclic) bond motifs is 1. The summed E-state index contributed by atoms with van der Waals surface area (Å²) in [6, 6.07) is 18.0. The normalized spacial score (nSPS) is 16.0. The first kappa shape index (κ1) is 21.9. The summed E-state index contributed by atoms with van der Waals surface area (Å²) in [5.74, 6) is 1.34. The molecule has 1 fully saturated rings. The largest absolute Gasteiger partial charge is 0.493 e. The van der Waals surface area contributed by atoms with Gasteiger partial charge in [-0.15, -0.1) is 0 Å². The number of aldehydes is 1. The molecule has 0 amide bonds. The van der Waals surface area contributed by atoms with Crippen molar-refractivity contribution < 1.29 is 14.3 Å². The highest BCUT2D eigenvalue weighted by molar-refractivity contribution is 5.72. The number of hydrogen-bond donors (Lipinski definition) is 0. The van der Waals surface area contributed by atoms with E-state index < -0.39 is 0 Å². The van der Waals surface area contributed by atoms with Crippen LogP contribution < -0.4 is 14.4 Å². The molecule has 3 heterocycles. The molecule has 0 radical (unpaired) electrons. The fourth-order valence-corrected chi connectivity index (χ4v) is 4.75. The van der Waals surface area contributed by atoms with Gasteiger partial charge in [0.2, 0.25) is 0 Å². The van der Waals surface area contributed by atoms with Gasteiger partial charge in [-0.25, -0.2) is 9.50 Å². The van der Waals surface area contributed by atoms with E-state index in [0.29, 0.717) is 11.5 Å². The summed E-state index contributed by atoms with van der Waals surface area (Å²) in [6.45, 7) is 2.91. The molecule has 4 aromatic rings. The van der Waals surface area contributed by atoms with Crippen molar-refractivity contribution in [3.05, 3.63) is 60.3 Å². The van der Waals surface area contributed by atoms with Crippen LogP contribution in [0, 0.1) is 6.92 Å². The number of aryl methyl sites for hydroxylation is 1. The third-order valence-corrected chi connectivity index (χ3v) is 6.51. The summed E-state index contributed by atoms with van der Waals surface area (Å²) in [7, 11) is 3.25. The SMILES string of the molecule is COc1ccc(-c2ccc3nc(C)c(-c4ccc(N5CCCCC5C=O)cc4)n3n2)cc1OC. The lowest BCUT2D eigenvalue weighted by Crippen LogP contribution is -2.40. The van der Waals surface area contributed by atoms with Crippen LogP contribution in [0.25, 0.3) is 28.2 Å². The molecule has 174 valence electrons. The lowest BCUT2D eigenvalue weighted by atomic mass is 10.0. The maximum absolute atomic E-state index is 11.5. The molecule has 1 aliphatic heterocycles. The zero-order valence-electron chi connectivity index (χ0n) is 19.7. The number of hydrogen-bond acceptors (Lipinski definition) is 6. The van der Waals surface area contributed by atoms with Crippen LogP contribution in [0.1, 0.15) is 25.0 Å². The Kier molecular flexibility index (Phi) is 5.92. The van der Waals surface area contributed by atoms with Gasteiger partial charge < -0.3 is 19.2 Å². The molecule has 5 rings (SSSR count). The molecule has 0 saturated carbocycles. The average molecular weight is 457 g/mol. The summed E-state index contributed by atoms with van der Waals surface area (Å²) in [6.07, 6.45) is 4.20. The number of rotatable bonds is 6. The second kappa shape index (κ2) is 9.17. The number of aromatic nitrogens is 3. The maximum Gasteiger partial charge on any atom is 0.161 e. The molecular formula is C27H28N4O3. The van der Waals surface area contributed by atoms with E-state index in [9.17, 15) is 4.79 Å². The van der Waals surface area contributed by atoms with Gasteiger partial charge in [0.25, 0.3) is 0 Å². The Hall–Kier alpha value is -3.87. The molecule has 7 heteroatoms. The molecule has 1 unspecified atom stereocenters. The van der Waals surface area contributed by atoms with E-state index in [1.165, 1.54) is 0 Å². The molecule has 1 aliphatic rings. The van der Waals surface area contributed by atoms with Gasteiger partial charge in [0.05, 0.1) is 37.3 Å². The van der Waals surface area contributed by atoms with Crippen LogP contribution in [0.3, 0.4) is 0 Å². The van der Waals surface area contributed by atoms with Gasteiger partial charge in [-0.2, -0.15) is 5.10 Å². The van der Waals surface area contributed by atoms with Gasteiger partial charge in [0.1, 0.15) is 6.29 Å². The Balaban J connectivity index is 1.53. The molecule has 34 heavy (non-hydrogen) atoms. The van der Waals surface area contributed by atoms with Crippen molar-refractivity contribution in [1.29, 1.82) is 0 Å². The van der Waals surface area contributed by atoms with E-state index in [1.807, 2.05) is 41.8 Å². The average Bonchev–Trinajstić information content (AvgIpc) is 3.23. The van der Waals surface area contributed by atoms with Crippen molar-refractivity contribution in [3.63, 3.8) is 0 Å². The first-order chi connectivity index (χ1) is 16.6. The topological polar surface area (TPSA) is 69.0 Å². The maximum atomic E-state index is 11.5. The number of nitrogens with zero attached hydrogens (tertiary/aromatic N) is 4. The number of imidazole rings is 1. The highest BCUT2D eigenvalue weighted by atomic mass is 16.5. The molecule has 0 bridgehead atoms. The number of carbonyl (C=O) groups is 1. The fourth-order valence-electron chi connectivity index (χ4n) is 4.75. The van der Waals surface area contributed by atoms with Gasteiger partial charge in [0.15, 0.2) is 17.1 Å². The standard InChI is InChI=1S/C27H28N4O3/c1-18-27(19-7-10-21(11-8-19)30-15-5-4-6-22(30)17-32)31-26(28-18)14-12-23(29-31)20-9-13-24(33-2)25(16-20)34-3/h7-14,16-17,22H,4-6,15H2,1-3H3. The second-order valence-electron chi connectivity index (χ2n) is 8.54. The Morgan fingerprint density at radius 1 is 0.941 bits per heavy atom. The molecule has 7 nitrogen and oxygen atoms in total. The van der Waals surface area contributed by atoms with Crippen molar-refractivity contribution in [3.8, 4) is 34.0 Å². The Labute approximate surface area is 198 Å². The van der Waals surface area contributed by atoms with Crippen LogP contribution in [-0.4, -0.2) is 47.7 Å². The van der Waals surface area contributed by atoms with Crippen molar-refractivity contribution >= 4 is 17.6 Å². The number of anilines is 1. The monoisotopic (exact) mass is 456 g/mol. The van der Waals surface area contributed by atoms with E-state index >= 15 is 0 Å². The number of benzene rings is 2. The highest BCUT2D eigenvalue weighted by Gasteiger charge is 2.22. The van der Waals surface area contributed by atoms with Crippen molar-refractivity contribution in [2.75, 3.05) is 25.7 Å². The third-order valence-electron chi connectivity index (χ3n) is 6.51. The smallest absolute Gasteiger partial charge is 0.161 e. The summed E-state index contributed by atoms with van der Waals surface area (Å²) in [5, 5.41) is 4.91. The van der Waals surface area contributed by atoms with E-state index in [4.69, 9.17) is 19.6 Å². The molecule has 0 aliphatic carbocycles. The van der Waals surface area contributed by atoms with Crippen molar-refractivity contribution in [2.45, 2.75) is 32.2 Å². The Morgan fingerprint density at radius 3 is 2.44 bits per heavy atom. The summed E-state index contributed by atoms with van der Waals surface area (Å²) < 4.78 is 12.7. The first-order valence-corrected chi connectivity index (χ1v) is 11.5. The van der Waals surface area contributed by atoms with Crippen LogP contribution in [0.15, 0.2) is 54.6 Å². The Morgan fingerprint density at radius 2 is 1.71 bits per heavy atom. The molecule has 2 aromatic heterocycles. The number of piperidine rings is 1. The van der Waals surface area contributed by atoms with Crippen LogP contribution in [0.5, 0.6) is 11.5 Å². The molecule has 1 atom stereocenters. The summed E-state index contributed by atoms with van der Waals surface area (Å²) in [5.41, 5.74) is 6.50. The van der Waals surface area contributed by atoms with Crippen LogP contribution in [0.4, 0.5) is 5.69 Å². The van der Waals surface area contributed by atoms with E-state index in [0.717, 1.165) is 71.6 Å². The minimum Gasteiger partial charge on any atom is -0.493 e. The summed E-state index contributed by atoms with van der Waals surface area (Å²) in [4.78, 5) is 18.5. The number of carbonyl (C=O) groups excluding carboxylic acids is 1. The highest BCUT2D eigenvalue weighted by Crippen LogP contribution is 2.33. The van der Waals surface area contributed by atoms with Crippen molar-refractivity contribution in [1.82, 2.24) is 14.6 Å². The quantitative estimate of drug-likeness (QED) is 0.383. The minimum atomic E-state index is -0.0390. The van der Waals surface area contributed by atoms with Crippen LogP contribution in [0.2, 0.25) is 0 Å². The van der Waals surface area contributed by atoms with Gasteiger partial charge in [-0.3, -0.25) is 0 Å². The predicted molar refractivity (Wildman–Crippen MR) is 133 cm³/mol. The van der Waals surface area contributed by atoms with Gasteiger partial charge >= 0.3 is 0 Å². The van der Waals surface area contributed by atoms with Crippen LogP contribution in [-0.2, 0) is 4.79 Å². The van der Waals surface area contributed by atoms with Gasteiger partial charge in [-0.1, -0.05) is 12.1 Å². The van der Waals surface area contributed by atoms with Gasteiger partial charge in [-0.05, 0) is 68.7 Å². The Bertz CT molecular complexity index is 1330. The molecule has 0 N–H and O–H groups in total. The zero-order valence-corrected chi connectivity index (χ0v) is 19.7. The van der Waals surface area contributed by atoms with Crippen LogP contribution >= 0.6 is 0 Å². The first-order valence-electron chi connectivity index (χ1n) is 11.5. The third kappa shape index (κ3) is 3.87. The number of ether oxygens (including phenoxy) is 2. The van der Waals surface area contributed by atoms with Crippen molar-refractivity contribution in [2.24, 2.45) is 0 Å². The van der Waals surface area contributed by atoms with E-state index in [-0.39, 0.29) is 6.04 Å². The van der Waals surface area contributed by atoms with Gasteiger partial charge in [0, 0.05) is 23.4 Å². The molecule has 0 spiro atoms. The molecular weight excluding hydrogens is 428 g/mol. The number of methoxy groups -OCH3 is 2. The van der Waals surface area contributed by atoms with E-state index in [2.05, 4.69) is 29.2 Å². The zero-order chi connectivity index (χ0) is 23.7. The molecule has 2 aromatic carbocycles. The predicted octanol–water partition coefficient (Wildman–Crippen LogP) is 4.95. The minimum absolute atomic E-state index is 0.0390. The fraction of sp³-hybridized carbons (Fsp3) is 0.296. The lowest BCUT2D eigenvalue weighted by Gasteiger charge is -2.34. The lowest BCUT2D eigenvalue weighted by molar-refractivity contribution is -0.109. The second-order valence-corrected chi connectivity index (χ2v) is 8.54. The molecule has 1 saturated heterocycles. The van der Waals surface area contributed by atoms with E-state index in [1.54, 1.807) is 14.2 Å². The summed E-state index contributed by atoms with van der Waals surface area (Å²) >= 11 is 0.